The number of rotatable bonds is 3. The van der Waals surface area contributed by atoms with Crippen LogP contribution in [-0.4, -0.2) is 37.6 Å². The number of hydrogen-bond donors (Lipinski definition) is 0. The summed E-state index contributed by atoms with van der Waals surface area (Å²) >= 11 is 0. The number of nitrogens with zero attached hydrogens (tertiary/aromatic N) is 1. The Morgan fingerprint density at radius 1 is 1.04 bits per heavy atom. The summed E-state index contributed by atoms with van der Waals surface area (Å²) in [6.45, 7) is 0. The lowest BCUT2D eigenvalue weighted by atomic mass is 9.85. The molecule has 0 spiro atoms. The molecule has 0 N–H and O–H groups in total. The van der Waals surface area contributed by atoms with Crippen molar-refractivity contribution in [2.75, 3.05) is 6.26 Å². The van der Waals surface area contributed by atoms with Crippen LogP contribution in [0.4, 0.5) is 4.39 Å². The number of amides is 1. The van der Waals surface area contributed by atoms with Crippen molar-refractivity contribution in [3.8, 4) is 0 Å². The van der Waals surface area contributed by atoms with Gasteiger partial charge >= 0.3 is 0 Å². The van der Waals surface area contributed by atoms with Crippen molar-refractivity contribution in [1.82, 2.24) is 4.90 Å². The first-order valence-electron chi connectivity index (χ1n) is 9.21. The van der Waals surface area contributed by atoms with E-state index in [1.54, 1.807) is 12.1 Å². The third-order valence-corrected chi connectivity index (χ3v) is 6.93. The number of carbonyl (C=O) groups is 1. The summed E-state index contributed by atoms with van der Waals surface area (Å²) in [5.74, 6) is 0.000143. The Bertz CT molecular complexity index is 957. The van der Waals surface area contributed by atoms with E-state index in [2.05, 4.69) is 0 Å². The molecule has 2 bridgehead atoms. The molecule has 27 heavy (non-hydrogen) atoms. The van der Waals surface area contributed by atoms with Crippen molar-refractivity contribution >= 4 is 15.7 Å². The predicted octanol–water partition coefficient (Wildman–Crippen LogP) is 3.78. The molecule has 0 unspecified atom stereocenters. The molecule has 2 aromatic rings. The Hall–Kier alpha value is -2.21. The van der Waals surface area contributed by atoms with Crippen molar-refractivity contribution < 1.29 is 17.6 Å². The van der Waals surface area contributed by atoms with Crippen LogP contribution in [0.25, 0.3) is 0 Å². The van der Waals surface area contributed by atoms with Gasteiger partial charge in [0.1, 0.15) is 5.82 Å². The van der Waals surface area contributed by atoms with Gasteiger partial charge in [0.25, 0.3) is 5.91 Å². The van der Waals surface area contributed by atoms with E-state index in [1.165, 1.54) is 24.3 Å². The summed E-state index contributed by atoms with van der Waals surface area (Å²) in [4.78, 5) is 15.2. The van der Waals surface area contributed by atoms with Crippen LogP contribution in [0.15, 0.2) is 53.4 Å². The Labute approximate surface area is 158 Å². The summed E-state index contributed by atoms with van der Waals surface area (Å²) in [5.41, 5.74) is 1.55. The van der Waals surface area contributed by atoms with Gasteiger partial charge in [-0.25, -0.2) is 12.8 Å². The fraction of sp³-hybridized carbons (Fsp3) is 0.381. The number of fused-ring (bicyclic) bond motifs is 2. The highest BCUT2D eigenvalue weighted by molar-refractivity contribution is 7.90. The highest BCUT2D eigenvalue weighted by atomic mass is 32.2. The smallest absolute Gasteiger partial charge is 0.254 e. The minimum absolute atomic E-state index is 0.0921. The van der Waals surface area contributed by atoms with E-state index in [4.69, 9.17) is 0 Å². The molecular formula is C21H22FNO3S. The molecule has 3 atom stereocenters. The summed E-state index contributed by atoms with van der Waals surface area (Å²) in [7, 11) is -3.35. The van der Waals surface area contributed by atoms with Gasteiger partial charge in [-0.2, -0.15) is 0 Å². The second-order valence-electron chi connectivity index (χ2n) is 7.62. The number of halogens is 1. The molecule has 4 rings (SSSR count). The van der Waals surface area contributed by atoms with Gasteiger partial charge in [0.2, 0.25) is 0 Å². The van der Waals surface area contributed by atoms with Gasteiger partial charge in [-0.3, -0.25) is 4.79 Å². The van der Waals surface area contributed by atoms with Gasteiger partial charge in [0.15, 0.2) is 9.84 Å². The van der Waals surface area contributed by atoms with E-state index < -0.39 is 9.84 Å². The lowest BCUT2D eigenvalue weighted by Gasteiger charge is -2.39. The van der Waals surface area contributed by atoms with Crippen LogP contribution in [0.5, 0.6) is 0 Å². The number of benzene rings is 2. The van der Waals surface area contributed by atoms with Crippen molar-refractivity contribution in [1.29, 1.82) is 0 Å². The third-order valence-electron chi connectivity index (χ3n) is 5.82. The molecule has 2 aliphatic heterocycles. The zero-order valence-corrected chi connectivity index (χ0v) is 16.0. The first-order valence-corrected chi connectivity index (χ1v) is 11.1. The maximum Gasteiger partial charge on any atom is 0.254 e. The van der Waals surface area contributed by atoms with E-state index in [0.29, 0.717) is 11.5 Å². The second kappa shape index (κ2) is 6.75. The molecule has 6 heteroatoms. The van der Waals surface area contributed by atoms with E-state index in [0.717, 1.165) is 37.5 Å². The molecule has 2 aliphatic rings. The number of hydrogen-bond acceptors (Lipinski definition) is 3. The maximum atomic E-state index is 13.2. The Kier molecular flexibility index (Phi) is 4.54. The zero-order chi connectivity index (χ0) is 19.2. The van der Waals surface area contributed by atoms with Crippen LogP contribution in [-0.2, 0) is 9.84 Å². The van der Waals surface area contributed by atoms with Crippen LogP contribution in [0, 0.1) is 5.82 Å². The maximum absolute atomic E-state index is 13.2. The van der Waals surface area contributed by atoms with Crippen molar-refractivity contribution in [3.05, 3.63) is 65.5 Å². The Morgan fingerprint density at radius 2 is 1.67 bits per heavy atom. The minimum Gasteiger partial charge on any atom is -0.333 e. The molecule has 2 aromatic carbocycles. The number of piperidine rings is 1. The number of sulfone groups is 1. The monoisotopic (exact) mass is 387 g/mol. The van der Waals surface area contributed by atoms with E-state index >= 15 is 0 Å². The van der Waals surface area contributed by atoms with E-state index in [-0.39, 0.29) is 28.7 Å². The number of carbonyl (C=O) groups excluding carboxylic acids is 1. The Balaban J connectivity index is 1.56. The molecule has 2 heterocycles. The molecule has 2 fully saturated rings. The summed E-state index contributed by atoms with van der Waals surface area (Å²) in [5, 5.41) is 0. The van der Waals surface area contributed by atoms with Crippen LogP contribution >= 0.6 is 0 Å². The van der Waals surface area contributed by atoms with Crippen molar-refractivity contribution in [2.45, 2.75) is 48.6 Å². The SMILES string of the molecule is CS(=O)(=O)c1cccc(C(=O)N2[C@@H]3CC[C@H]2C[C@@H](c2ccc(F)cc2)C3)c1. The molecular weight excluding hydrogens is 365 g/mol. The topological polar surface area (TPSA) is 54.5 Å². The van der Waals surface area contributed by atoms with Gasteiger partial charge in [-0.15, -0.1) is 0 Å². The average molecular weight is 387 g/mol. The second-order valence-corrected chi connectivity index (χ2v) is 9.63. The van der Waals surface area contributed by atoms with Gasteiger partial charge < -0.3 is 4.90 Å². The highest BCUT2D eigenvalue weighted by Crippen LogP contribution is 2.43. The molecule has 0 radical (unpaired) electrons. The van der Waals surface area contributed by atoms with E-state index in [9.17, 15) is 17.6 Å². The third kappa shape index (κ3) is 3.50. The summed E-state index contributed by atoms with van der Waals surface area (Å²) < 4.78 is 36.8. The fourth-order valence-corrected chi connectivity index (χ4v) is 5.19. The first-order chi connectivity index (χ1) is 12.8. The van der Waals surface area contributed by atoms with Crippen LogP contribution < -0.4 is 0 Å². The van der Waals surface area contributed by atoms with E-state index in [1.807, 2.05) is 17.0 Å². The largest absolute Gasteiger partial charge is 0.333 e. The lowest BCUT2D eigenvalue weighted by molar-refractivity contribution is 0.0571. The van der Waals surface area contributed by atoms with Crippen molar-refractivity contribution in [3.63, 3.8) is 0 Å². The lowest BCUT2D eigenvalue weighted by Crippen LogP contribution is -2.46. The van der Waals surface area contributed by atoms with Crippen LogP contribution in [0.2, 0.25) is 0 Å². The highest BCUT2D eigenvalue weighted by Gasteiger charge is 2.43. The quantitative estimate of drug-likeness (QED) is 0.805. The van der Waals surface area contributed by atoms with Gasteiger partial charge in [-0.1, -0.05) is 18.2 Å². The van der Waals surface area contributed by atoms with Gasteiger partial charge in [0, 0.05) is 23.9 Å². The summed E-state index contributed by atoms with van der Waals surface area (Å²) in [6.07, 6.45) is 4.79. The molecule has 2 saturated heterocycles. The molecule has 1 amide bonds. The molecule has 0 aliphatic carbocycles. The van der Waals surface area contributed by atoms with Crippen LogP contribution in [0.1, 0.15) is 47.5 Å². The van der Waals surface area contributed by atoms with Crippen molar-refractivity contribution in [2.24, 2.45) is 0 Å². The summed E-state index contributed by atoms with van der Waals surface area (Å²) in [6, 6.07) is 13.3. The Morgan fingerprint density at radius 3 is 2.26 bits per heavy atom. The standard InChI is InChI=1S/C21H22FNO3S/c1-27(25,26)20-4-2-3-15(13-20)21(24)23-18-9-10-19(23)12-16(11-18)14-5-7-17(22)8-6-14/h2-8,13,16,18-19H,9-12H2,1H3/t16-,18+,19-. The average Bonchev–Trinajstić information content (AvgIpc) is 2.90. The molecule has 0 saturated carbocycles. The predicted molar refractivity (Wildman–Crippen MR) is 101 cm³/mol. The van der Waals surface area contributed by atoms with Gasteiger partial charge in [-0.05, 0) is 67.5 Å². The van der Waals surface area contributed by atoms with Crippen LogP contribution in [0.3, 0.4) is 0 Å². The minimum atomic E-state index is -3.35. The zero-order valence-electron chi connectivity index (χ0n) is 15.1. The normalized spacial score (nSPS) is 24.8. The fourth-order valence-electron chi connectivity index (χ4n) is 4.52. The molecule has 4 nitrogen and oxygen atoms in total. The molecule has 0 aromatic heterocycles. The first kappa shape index (κ1) is 18.2. The van der Waals surface area contributed by atoms with Gasteiger partial charge in [0.05, 0.1) is 4.90 Å². The molecule has 142 valence electrons.